The lowest BCUT2D eigenvalue weighted by Crippen LogP contribution is -2.18. The molecule has 11 heteroatoms. The molecule has 4 aromatic rings. The Labute approximate surface area is 251 Å². The highest BCUT2D eigenvalue weighted by Crippen LogP contribution is 2.22. The maximum Gasteiger partial charge on any atom is 0.271 e. The van der Waals surface area contributed by atoms with E-state index in [1.807, 2.05) is 86.5 Å². The lowest BCUT2D eigenvalue weighted by Gasteiger charge is -2.11. The molecule has 0 aliphatic heterocycles. The summed E-state index contributed by atoms with van der Waals surface area (Å²) in [6.45, 7) is 0. The van der Waals surface area contributed by atoms with E-state index in [-0.39, 0.29) is 20.9 Å². The van der Waals surface area contributed by atoms with Gasteiger partial charge in [0, 0.05) is 50.7 Å². The van der Waals surface area contributed by atoms with Crippen molar-refractivity contribution in [3.63, 3.8) is 0 Å². The predicted octanol–water partition coefficient (Wildman–Crippen LogP) is 4.18. The van der Waals surface area contributed by atoms with Crippen LogP contribution in [0.15, 0.2) is 117 Å². The van der Waals surface area contributed by atoms with Crippen molar-refractivity contribution >= 4 is 45.5 Å². The Hall–Kier alpha value is -5.29. The van der Waals surface area contributed by atoms with Crippen molar-refractivity contribution in [1.29, 1.82) is 0 Å². The SMILES string of the molecule is CN(C)c1ccc(/C=N/NC(=O)c2ccc(S(=O)(=O)c3ccc(C(=O)N/N=C/c4ccc(N(C)C)cc4)cc3)cc2)cc1. The van der Waals surface area contributed by atoms with Crippen LogP contribution in [0, 0.1) is 0 Å². The second-order valence-electron chi connectivity index (χ2n) is 9.92. The standard InChI is InChI=1S/C32H32N6O4S/c1-37(2)27-13-5-23(6-14-27)21-33-35-31(39)25-9-17-29(18-10-25)43(41,42)30-19-11-26(12-20-30)32(40)36-34-22-24-7-15-28(16-8-24)38(3)4/h5-22H,1-4H3,(H,35,39)(H,36,40)/b33-21+,34-22+. The van der Waals surface area contributed by atoms with Crippen LogP contribution in [0.2, 0.25) is 0 Å². The van der Waals surface area contributed by atoms with Crippen molar-refractivity contribution in [2.75, 3.05) is 38.0 Å². The summed E-state index contributed by atoms with van der Waals surface area (Å²) in [5.74, 6) is -0.956. The van der Waals surface area contributed by atoms with Crippen LogP contribution in [-0.4, -0.2) is 60.9 Å². The Bertz CT molecular complexity index is 1610. The number of benzene rings is 4. The molecular weight excluding hydrogens is 564 g/mol. The third kappa shape index (κ3) is 7.92. The highest BCUT2D eigenvalue weighted by atomic mass is 32.2. The molecular formula is C32H32N6O4S. The number of hydrazone groups is 2. The van der Waals surface area contributed by atoms with Crippen molar-refractivity contribution in [2.24, 2.45) is 10.2 Å². The minimum atomic E-state index is -3.88. The Morgan fingerprint density at radius 2 is 0.884 bits per heavy atom. The molecule has 0 radical (unpaired) electrons. The monoisotopic (exact) mass is 596 g/mol. The lowest BCUT2D eigenvalue weighted by atomic mass is 10.2. The van der Waals surface area contributed by atoms with Gasteiger partial charge in [0.05, 0.1) is 22.2 Å². The second kappa shape index (κ2) is 13.6. The van der Waals surface area contributed by atoms with Crippen molar-refractivity contribution in [1.82, 2.24) is 10.9 Å². The van der Waals surface area contributed by atoms with Crippen molar-refractivity contribution in [2.45, 2.75) is 9.79 Å². The van der Waals surface area contributed by atoms with Gasteiger partial charge in [-0.15, -0.1) is 0 Å². The second-order valence-corrected chi connectivity index (χ2v) is 11.9. The van der Waals surface area contributed by atoms with Gasteiger partial charge < -0.3 is 9.80 Å². The van der Waals surface area contributed by atoms with Gasteiger partial charge in [0.25, 0.3) is 11.8 Å². The quantitative estimate of drug-likeness (QED) is 0.209. The first-order valence-electron chi connectivity index (χ1n) is 13.2. The average Bonchev–Trinajstić information content (AvgIpc) is 3.01. The first-order valence-corrected chi connectivity index (χ1v) is 14.7. The molecule has 0 fully saturated rings. The Morgan fingerprint density at radius 1 is 0.558 bits per heavy atom. The molecule has 4 aromatic carbocycles. The van der Waals surface area contributed by atoms with Gasteiger partial charge >= 0.3 is 0 Å². The van der Waals surface area contributed by atoms with Gasteiger partial charge in [0.15, 0.2) is 0 Å². The Morgan fingerprint density at radius 3 is 1.19 bits per heavy atom. The zero-order valence-corrected chi connectivity index (χ0v) is 25.0. The first kappa shape index (κ1) is 30.7. The van der Waals surface area contributed by atoms with Crippen LogP contribution in [0.1, 0.15) is 31.8 Å². The van der Waals surface area contributed by atoms with Gasteiger partial charge in [0.2, 0.25) is 9.84 Å². The lowest BCUT2D eigenvalue weighted by molar-refractivity contribution is 0.0947. The maximum atomic E-state index is 13.1. The van der Waals surface area contributed by atoms with Gasteiger partial charge in [0.1, 0.15) is 0 Å². The maximum absolute atomic E-state index is 13.1. The summed E-state index contributed by atoms with van der Waals surface area (Å²) < 4.78 is 26.3. The summed E-state index contributed by atoms with van der Waals surface area (Å²) in [5.41, 5.74) is 9.10. The molecule has 0 unspecified atom stereocenters. The summed E-state index contributed by atoms with van der Waals surface area (Å²) in [7, 11) is 3.91. The van der Waals surface area contributed by atoms with Crippen LogP contribution >= 0.6 is 0 Å². The number of carbonyl (C=O) groups is 2. The molecule has 4 rings (SSSR count). The van der Waals surface area contributed by atoms with Crippen LogP contribution in [0.3, 0.4) is 0 Å². The number of nitrogens with zero attached hydrogens (tertiary/aromatic N) is 4. The fraction of sp³-hybridized carbons (Fsp3) is 0.125. The smallest absolute Gasteiger partial charge is 0.271 e. The van der Waals surface area contributed by atoms with Crippen LogP contribution in [0.25, 0.3) is 0 Å². The van der Waals surface area contributed by atoms with Crippen LogP contribution in [0.4, 0.5) is 11.4 Å². The Balaban J connectivity index is 1.34. The first-order chi connectivity index (χ1) is 20.5. The molecule has 0 saturated carbocycles. The number of sulfone groups is 1. The molecule has 0 heterocycles. The number of anilines is 2. The molecule has 2 N–H and O–H groups in total. The molecule has 0 saturated heterocycles. The van der Waals surface area contributed by atoms with E-state index >= 15 is 0 Å². The molecule has 0 spiro atoms. The minimum absolute atomic E-state index is 0.00983. The van der Waals surface area contributed by atoms with Crippen LogP contribution in [-0.2, 0) is 9.84 Å². The van der Waals surface area contributed by atoms with Crippen LogP contribution < -0.4 is 20.7 Å². The molecule has 220 valence electrons. The molecule has 0 aliphatic carbocycles. The van der Waals surface area contributed by atoms with E-state index in [0.717, 1.165) is 22.5 Å². The minimum Gasteiger partial charge on any atom is -0.378 e. The summed E-state index contributed by atoms with van der Waals surface area (Å²) in [4.78, 5) is 28.9. The molecule has 10 nitrogen and oxygen atoms in total. The van der Waals surface area contributed by atoms with E-state index in [1.165, 1.54) is 61.0 Å². The normalized spacial score (nSPS) is 11.4. The highest BCUT2D eigenvalue weighted by Gasteiger charge is 2.19. The summed E-state index contributed by atoms with van der Waals surface area (Å²) in [6, 6.07) is 26.3. The fourth-order valence-electron chi connectivity index (χ4n) is 3.88. The van der Waals surface area contributed by atoms with Gasteiger partial charge in [-0.2, -0.15) is 10.2 Å². The van der Waals surface area contributed by atoms with Gasteiger partial charge in [-0.1, -0.05) is 24.3 Å². The van der Waals surface area contributed by atoms with Crippen molar-refractivity contribution in [3.8, 4) is 0 Å². The van der Waals surface area contributed by atoms with E-state index in [0.29, 0.717) is 0 Å². The van der Waals surface area contributed by atoms with E-state index in [1.54, 1.807) is 0 Å². The number of rotatable bonds is 10. The number of hydrogen-bond acceptors (Lipinski definition) is 8. The summed E-state index contributed by atoms with van der Waals surface area (Å²) >= 11 is 0. The van der Waals surface area contributed by atoms with Crippen LogP contribution in [0.5, 0.6) is 0 Å². The molecule has 0 aromatic heterocycles. The van der Waals surface area contributed by atoms with Crippen molar-refractivity contribution in [3.05, 3.63) is 119 Å². The topological polar surface area (TPSA) is 124 Å². The summed E-state index contributed by atoms with van der Waals surface area (Å²) in [5, 5.41) is 7.95. The van der Waals surface area contributed by atoms with E-state index < -0.39 is 21.7 Å². The van der Waals surface area contributed by atoms with Gasteiger partial charge in [-0.25, -0.2) is 19.3 Å². The molecule has 43 heavy (non-hydrogen) atoms. The van der Waals surface area contributed by atoms with E-state index in [4.69, 9.17) is 0 Å². The van der Waals surface area contributed by atoms with Gasteiger partial charge in [-0.3, -0.25) is 9.59 Å². The third-order valence-corrected chi connectivity index (χ3v) is 8.22. The Kier molecular flexibility index (Phi) is 9.68. The fourth-order valence-corrected chi connectivity index (χ4v) is 5.14. The number of amides is 2. The van der Waals surface area contributed by atoms with Crippen molar-refractivity contribution < 1.29 is 18.0 Å². The number of carbonyl (C=O) groups excluding carboxylic acids is 2. The molecule has 2 amide bonds. The summed E-state index contributed by atoms with van der Waals surface area (Å²) in [6.07, 6.45) is 3.05. The zero-order valence-electron chi connectivity index (χ0n) is 24.2. The number of hydrogen-bond donors (Lipinski definition) is 2. The molecule has 0 bridgehead atoms. The van der Waals surface area contributed by atoms with Gasteiger partial charge in [-0.05, 0) is 83.9 Å². The predicted molar refractivity (Wildman–Crippen MR) is 170 cm³/mol. The average molecular weight is 597 g/mol. The largest absolute Gasteiger partial charge is 0.378 e. The highest BCUT2D eigenvalue weighted by molar-refractivity contribution is 7.91. The van der Waals surface area contributed by atoms with E-state index in [2.05, 4.69) is 21.1 Å². The number of nitrogens with one attached hydrogen (secondary N) is 2. The molecule has 0 aliphatic rings. The third-order valence-electron chi connectivity index (χ3n) is 6.43. The molecule has 0 atom stereocenters. The van der Waals surface area contributed by atoms with E-state index in [9.17, 15) is 18.0 Å². The zero-order chi connectivity index (χ0) is 31.0.